The van der Waals surface area contributed by atoms with Gasteiger partial charge in [-0.1, -0.05) is 0 Å². The number of aromatic nitrogens is 4. The Morgan fingerprint density at radius 2 is 2.17 bits per heavy atom. The summed E-state index contributed by atoms with van der Waals surface area (Å²) < 4.78 is 6.99. The van der Waals surface area contributed by atoms with E-state index in [2.05, 4.69) is 21.1 Å². The Kier molecular flexibility index (Phi) is 4.06. The first kappa shape index (κ1) is 18.1. The molecule has 0 N–H and O–H groups in total. The normalized spacial score (nSPS) is 24.0. The molecule has 5 rings (SSSR count). The van der Waals surface area contributed by atoms with Crippen LogP contribution >= 0.6 is 0 Å². The monoisotopic (exact) mass is 393 g/mol. The van der Waals surface area contributed by atoms with Gasteiger partial charge < -0.3 is 14.5 Å². The number of fused-ring (bicyclic) bond motifs is 2. The lowest BCUT2D eigenvalue weighted by molar-refractivity contribution is -0.140. The number of nitrogens with zero attached hydrogens (tertiary/aromatic N) is 7. The van der Waals surface area contributed by atoms with Crippen molar-refractivity contribution >= 4 is 11.7 Å². The van der Waals surface area contributed by atoms with E-state index in [0.29, 0.717) is 36.9 Å². The van der Waals surface area contributed by atoms with Crippen molar-refractivity contribution in [2.45, 2.75) is 31.3 Å². The minimum Gasteiger partial charge on any atom is -0.384 e. The molecule has 0 radical (unpaired) electrons. The molecule has 0 spiro atoms. The van der Waals surface area contributed by atoms with Crippen molar-refractivity contribution in [2.24, 2.45) is 12.5 Å². The van der Waals surface area contributed by atoms with Crippen molar-refractivity contribution in [1.29, 1.82) is 5.26 Å². The molecule has 3 fully saturated rings. The second-order valence-electron chi connectivity index (χ2n) is 8.31. The molecular weight excluding hydrogens is 370 g/mol. The maximum atomic E-state index is 13.1. The lowest BCUT2D eigenvalue weighted by Gasteiger charge is -2.37. The van der Waals surface area contributed by atoms with E-state index in [1.807, 2.05) is 18.1 Å². The van der Waals surface area contributed by atoms with Crippen molar-refractivity contribution in [3.63, 3.8) is 0 Å². The molecule has 0 aromatic carbocycles. The van der Waals surface area contributed by atoms with Gasteiger partial charge >= 0.3 is 0 Å². The van der Waals surface area contributed by atoms with Crippen LogP contribution in [0.1, 0.15) is 24.8 Å². The molecule has 2 aromatic rings. The summed E-state index contributed by atoms with van der Waals surface area (Å²) in [6.45, 7) is 1.87. The Labute approximate surface area is 168 Å². The number of amides is 1. The second kappa shape index (κ2) is 6.52. The van der Waals surface area contributed by atoms with Gasteiger partial charge in [0.1, 0.15) is 11.6 Å². The number of carbonyl (C=O) groups is 1. The summed E-state index contributed by atoms with van der Waals surface area (Å²) in [6.07, 6.45) is 7.88. The van der Waals surface area contributed by atoms with Crippen LogP contribution in [0.2, 0.25) is 0 Å². The SMILES string of the molecule is COCC1(C(=O)N2C[C@@H]3C[C@@H]2CN3c2nc(-c3cnn(C)c3)ncc2C#N)CC1. The van der Waals surface area contributed by atoms with Crippen LogP contribution in [-0.2, 0) is 16.6 Å². The van der Waals surface area contributed by atoms with Crippen molar-refractivity contribution < 1.29 is 9.53 Å². The molecule has 2 bridgehead atoms. The van der Waals surface area contributed by atoms with E-state index >= 15 is 0 Å². The number of hydrogen-bond acceptors (Lipinski definition) is 7. The number of hydrogen-bond donors (Lipinski definition) is 0. The molecule has 4 heterocycles. The summed E-state index contributed by atoms with van der Waals surface area (Å²) >= 11 is 0. The molecule has 9 nitrogen and oxygen atoms in total. The molecule has 0 unspecified atom stereocenters. The number of piperazine rings is 1. The van der Waals surface area contributed by atoms with E-state index in [4.69, 9.17) is 9.72 Å². The molecular formula is C20H23N7O2. The van der Waals surface area contributed by atoms with Gasteiger partial charge in [-0.25, -0.2) is 9.97 Å². The fourth-order valence-corrected chi connectivity index (χ4v) is 4.67. The Morgan fingerprint density at radius 1 is 1.34 bits per heavy atom. The molecule has 2 aliphatic heterocycles. The smallest absolute Gasteiger partial charge is 0.231 e. The van der Waals surface area contributed by atoms with Gasteiger partial charge in [-0.15, -0.1) is 0 Å². The van der Waals surface area contributed by atoms with Crippen LogP contribution in [-0.4, -0.2) is 69.4 Å². The average molecular weight is 393 g/mol. The van der Waals surface area contributed by atoms with Crippen LogP contribution in [0.4, 0.5) is 5.82 Å². The molecule has 2 aromatic heterocycles. The molecule has 1 amide bonds. The highest BCUT2D eigenvalue weighted by molar-refractivity contribution is 5.86. The maximum absolute atomic E-state index is 13.1. The fourth-order valence-electron chi connectivity index (χ4n) is 4.67. The van der Waals surface area contributed by atoms with Gasteiger partial charge in [0.25, 0.3) is 0 Å². The van der Waals surface area contributed by atoms with E-state index in [1.165, 1.54) is 0 Å². The first-order valence-corrected chi connectivity index (χ1v) is 9.87. The molecule has 29 heavy (non-hydrogen) atoms. The summed E-state index contributed by atoms with van der Waals surface area (Å²) in [6, 6.07) is 2.55. The third-order valence-electron chi connectivity index (χ3n) is 6.35. The summed E-state index contributed by atoms with van der Waals surface area (Å²) in [5.41, 5.74) is 0.973. The summed E-state index contributed by atoms with van der Waals surface area (Å²) in [5.74, 6) is 1.43. The maximum Gasteiger partial charge on any atom is 0.231 e. The fraction of sp³-hybridized carbons (Fsp3) is 0.550. The lowest BCUT2D eigenvalue weighted by Crippen LogP contribution is -2.52. The van der Waals surface area contributed by atoms with Crippen LogP contribution in [0.5, 0.6) is 0 Å². The van der Waals surface area contributed by atoms with Crippen molar-refractivity contribution in [3.05, 3.63) is 24.2 Å². The molecule has 2 saturated heterocycles. The Hall–Kier alpha value is -2.99. The number of methoxy groups -OCH3 is 1. The highest BCUT2D eigenvalue weighted by Crippen LogP contribution is 2.49. The highest BCUT2D eigenvalue weighted by atomic mass is 16.5. The number of anilines is 1. The number of likely N-dealkylation sites (tertiary alicyclic amines) is 1. The van der Waals surface area contributed by atoms with E-state index in [0.717, 1.165) is 24.8 Å². The Bertz CT molecular complexity index is 1010. The van der Waals surface area contributed by atoms with Crippen LogP contribution in [0, 0.1) is 16.7 Å². The number of ether oxygens (including phenoxy) is 1. The average Bonchev–Trinajstić information content (AvgIpc) is 3.07. The van der Waals surface area contributed by atoms with E-state index in [9.17, 15) is 10.1 Å². The Balaban J connectivity index is 1.39. The summed E-state index contributed by atoms with van der Waals surface area (Å²) in [7, 11) is 3.50. The van der Waals surface area contributed by atoms with Gasteiger partial charge in [-0.2, -0.15) is 10.4 Å². The van der Waals surface area contributed by atoms with Crippen molar-refractivity contribution in [1.82, 2.24) is 24.6 Å². The number of rotatable bonds is 5. The zero-order valence-electron chi connectivity index (χ0n) is 16.6. The number of carbonyl (C=O) groups excluding carboxylic acids is 1. The van der Waals surface area contributed by atoms with Gasteiger partial charge in [-0.3, -0.25) is 9.48 Å². The molecule has 1 saturated carbocycles. The first-order chi connectivity index (χ1) is 14.0. The molecule has 3 aliphatic rings. The van der Waals surface area contributed by atoms with Crippen LogP contribution in [0.15, 0.2) is 18.6 Å². The summed E-state index contributed by atoms with van der Waals surface area (Å²) in [4.78, 5) is 26.3. The van der Waals surface area contributed by atoms with Gasteiger partial charge in [-0.05, 0) is 19.3 Å². The predicted molar refractivity (Wildman–Crippen MR) is 104 cm³/mol. The molecule has 2 atom stereocenters. The van der Waals surface area contributed by atoms with Gasteiger partial charge in [0.2, 0.25) is 5.91 Å². The van der Waals surface area contributed by atoms with Crippen LogP contribution in [0.25, 0.3) is 11.4 Å². The third kappa shape index (κ3) is 2.86. The number of nitriles is 1. The van der Waals surface area contributed by atoms with E-state index in [1.54, 1.807) is 24.2 Å². The summed E-state index contributed by atoms with van der Waals surface area (Å²) in [5, 5.41) is 13.8. The topological polar surface area (TPSA) is 100 Å². The Morgan fingerprint density at radius 3 is 2.76 bits per heavy atom. The lowest BCUT2D eigenvalue weighted by atomic mass is 10.1. The first-order valence-electron chi connectivity index (χ1n) is 9.87. The number of aryl methyl sites for hydroxylation is 1. The van der Waals surface area contributed by atoms with Crippen molar-refractivity contribution in [2.75, 3.05) is 31.7 Å². The molecule has 1 aliphatic carbocycles. The van der Waals surface area contributed by atoms with E-state index in [-0.39, 0.29) is 23.4 Å². The zero-order chi connectivity index (χ0) is 20.2. The van der Waals surface area contributed by atoms with Gasteiger partial charge in [0.15, 0.2) is 11.6 Å². The third-order valence-corrected chi connectivity index (χ3v) is 6.35. The molecule has 9 heteroatoms. The van der Waals surface area contributed by atoms with Gasteiger partial charge in [0, 0.05) is 33.4 Å². The second-order valence-corrected chi connectivity index (χ2v) is 8.31. The minimum absolute atomic E-state index is 0.158. The van der Waals surface area contributed by atoms with Gasteiger partial charge in [0.05, 0.1) is 42.1 Å². The van der Waals surface area contributed by atoms with Crippen LogP contribution < -0.4 is 4.90 Å². The van der Waals surface area contributed by atoms with Crippen LogP contribution in [0.3, 0.4) is 0 Å². The highest BCUT2D eigenvalue weighted by Gasteiger charge is 2.56. The largest absolute Gasteiger partial charge is 0.384 e. The quantitative estimate of drug-likeness (QED) is 0.746. The standard InChI is InChI=1S/C20H23N7O2/c1-25-9-14(8-23-25)17-22-7-13(6-21)18(24-17)26-10-16-5-15(26)11-27(16)19(28)20(3-4-20)12-29-2/h7-9,15-16H,3-5,10-12H2,1-2H3/t15-,16+/m0/s1. The molecule has 150 valence electrons. The zero-order valence-corrected chi connectivity index (χ0v) is 16.6. The minimum atomic E-state index is -0.301. The predicted octanol–water partition coefficient (Wildman–Crippen LogP) is 0.965. The van der Waals surface area contributed by atoms with E-state index < -0.39 is 0 Å². The van der Waals surface area contributed by atoms with Crippen molar-refractivity contribution in [3.8, 4) is 17.5 Å².